The molecule has 2 aliphatic rings. The fraction of sp³-hybridized carbons (Fsp3) is 0.348. The number of benzene rings is 1. The molecule has 1 unspecified atom stereocenters. The van der Waals surface area contributed by atoms with E-state index in [1.807, 2.05) is 4.90 Å². The standard InChI is InChI=1S/C23H23F2N5O3/c1-13-3-4-15(7-17(13)24)30-12-16(33-23(30)31)8-26-14-10-29(11-14)22-18(25)9-27-19-5-6-20(32-2)28-21(19)22/h3-7,9,14,16,26H,8,10-12H2,1-2H3. The maximum Gasteiger partial charge on any atom is 0.414 e. The lowest BCUT2D eigenvalue weighted by atomic mass is 10.1. The highest BCUT2D eigenvalue weighted by atomic mass is 19.1. The van der Waals surface area contributed by atoms with Gasteiger partial charge >= 0.3 is 6.09 Å². The van der Waals surface area contributed by atoms with Crippen molar-refractivity contribution in [2.75, 3.05) is 43.1 Å². The molecule has 33 heavy (non-hydrogen) atoms. The highest BCUT2D eigenvalue weighted by Gasteiger charge is 2.35. The molecule has 0 radical (unpaired) electrons. The zero-order valence-corrected chi connectivity index (χ0v) is 18.2. The largest absolute Gasteiger partial charge is 0.481 e. The summed E-state index contributed by atoms with van der Waals surface area (Å²) < 4.78 is 39.1. The lowest BCUT2D eigenvalue weighted by Crippen LogP contribution is -2.59. The van der Waals surface area contributed by atoms with Gasteiger partial charge in [-0.05, 0) is 30.7 Å². The van der Waals surface area contributed by atoms with Gasteiger partial charge in [-0.1, -0.05) is 6.07 Å². The second kappa shape index (κ2) is 8.43. The van der Waals surface area contributed by atoms with E-state index in [0.29, 0.717) is 60.0 Å². The molecule has 1 atom stereocenters. The van der Waals surface area contributed by atoms with Crippen LogP contribution >= 0.6 is 0 Å². The number of anilines is 2. The summed E-state index contributed by atoms with van der Waals surface area (Å²) in [6.07, 6.45) is 0.346. The van der Waals surface area contributed by atoms with E-state index < -0.39 is 11.9 Å². The van der Waals surface area contributed by atoms with Gasteiger partial charge in [0, 0.05) is 31.7 Å². The van der Waals surface area contributed by atoms with Gasteiger partial charge in [0.1, 0.15) is 23.1 Å². The van der Waals surface area contributed by atoms with Crippen molar-refractivity contribution in [3.63, 3.8) is 0 Å². The van der Waals surface area contributed by atoms with Crippen LogP contribution in [0.5, 0.6) is 5.88 Å². The van der Waals surface area contributed by atoms with Crippen LogP contribution in [0.2, 0.25) is 0 Å². The molecule has 0 spiro atoms. The number of aryl methyl sites for hydroxylation is 1. The van der Waals surface area contributed by atoms with Crippen LogP contribution in [0, 0.1) is 18.6 Å². The minimum atomic E-state index is -0.495. The minimum absolute atomic E-state index is 0.0998. The van der Waals surface area contributed by atoms with Gasteiger partial charge in [0.15, 0.2) is 5.82 Å². The summed E-state index contributed by atoms with van der Waals surface area (Å²) in [4.78, 5) is 24.0. The maximum atomic E-state index is 14.6. The van der Waals surface area contributed by atoms with E-state index in [2.05, 4.69) is 15.3 Å². The van der Waals surface area contributed by atoms with E-state index in [0.717, 1.165) is 0 Å². The number of rotatable bonds is 6. The minimum Gasteiger partial charge on any atom is -0.481 e. The number of methoxy groups -OCH3 is 1. The Labute approximate surface area is 189 Å². The molecule has 0 bridgehead atoms. The molecule has 2 aromatic heterocycles. The molecular weight excluding hydrogens is 432 g/mol. The Kier molecular flexibility index (Phi) is 5.45. The predicted molar refractivity (Wildman–Crippen MR) is 119 cm³/mol. The van der Waals surface area contributed by atoms with Crippen molar-refractivity contribution in [1.29, 1.82) is 0 Å². The van der Waals surface area contributed by atoms with E-state index in [1.54, 1.807) is 31.2 Å². The van der Waals surface area contributed by atoms with Gasteiger partial charge in [0.25, 0.3) is 0 Å². The molecule has 172 valence electrons. The molecule has 8 nitrogen and oxygen atoms in total. The van der Waals surface area contributed by atoms with Crippen LogP contribution in [0.15, 0.2) is 36.5 Å². The average Bonchev–Trinajstić information content (AvgIpc) is 3.15. The van der Waals surface area contributed by atoms with Gasteiger partial charge in [-0.3, -0.25) is 9.88 Å². The molecule has 2 fully saturated rings. The third kappa shape index (κ3) is 4.02. The van der Waals surface area contributed by atoms with Crippen LogP contribution < -0.4 is 19.9 Å². The fourth-order valence-electron chi connectivity index (χ4n) is 4.10. The first-order valence-electron chi connectivity index (χ1n) is 10.6. The monoisotopic (exact) mass is 455 g/mol. The molecule has 2 saturated heterocycles. The Morgan fingerprint density at radius 3 is 2.76 bits per heavy atom. The molecule has 5 rings (SSSR count). The highest BCUT2D eigenvalue weighted by Crippen LogP contribution is 2.32. The van der Waals surface area contributed by atoms with E-state index in [1.165, 1.54) is 24.3 Å². The second-order valence-corrected chi connectivity index (χ2v) is 8.24. The summed E-state index contributed by atoms with van der Waals surface area (Å²) in [6, 6.07) is 8.22. The highest BCUT2D eigenvalue weighted by molar-refractivity contribution is 5.90. The topological polar surface area (TPSA) is 79.8 Å². The maximum absolute atomic E-state index is 14.6. The SMILES string of the molecule is COc1ccc2ncc(F)c(N3CC(NCC4CN(c5ccc(C)c(F)c5)C(=O)O4)C3)c2n1. The summed E-state index contributed by atoms with van der Waals surface area (Å²) in [6.45, 7) is 3.59. The van der Waals surface area contributed by atoms with E-state index >= 15 is 0 Å². The average molecular weight is 455 g/mol. The van der Waals surface area contributed by atoms with Gasteiger partial charge in [-0.2, -0.15) is 0 Å². The number of fused-ring (bicyclic) bond motifs is 1. The van der Waals surface area contributed by atoms with Gasteiger partial charge in [-0.15, -0.1) is 0 Å². The second-order valence-electron chi connectivity index (χ2n) is 8.24. The van der Waals surface area contributed by atoms with Crippen molar-refractivity contribution in [3.8, 4) is 5.88 Å². The number of hydrogen-bond acceptors (Lipinski definition) is 7. The summed E-state index contributed by atoms with van der Waals surface area (Å²) in [7, 11) is 1.51. The number of hydrogen-bond donors (Lipinski definition) is 1. The third-order valence-electron chi connectivity index (χ3n) is 6.00. The smallest absolute Gasteiger partial charge is 0.414 e. The first-order valence-corrected chi connectivity index (χ1v) is 10.6. The summed E-state index contributed by atoms with van der Waals surface area (Å²) in [5, 5.41) is 3.36. The summed E-state index contributed by atoms with van der Waals surface area (Å²) >= 11 is 0. The number of nitrogens with zero attached hydrogens (tertiary/aromatic N) is 4. The van der Waals surface area contributed by atoms with E-state index in [9.17, 15) is 13.6 Å². The number of carbonyl (C=O) groups excluding carboxylic acids is 1. The predicted octanol–water partition coefficient (Wildman–Crippen LogP) is 3.03. The van der Waals surface area contributed by atoms with Gasteiger partial charge < -0.3 is 19.7 Å². The lowest BCUT2D eigenvalue weighted by molar-refractivity contribution is 0.137. The van der Waals surface area contributed by atoms with E-state index in [-0.39, 0.29) is 18.0 Å². The number of cyclic esters (lactones) is 1. The Morgan fingerprint density at radius 2 is 2.00 bits per heavy atom. The fourth-order valence-corrected chi connectivity index (χ4v) is 4.10. The van der Waals surface area contributed by atoms with Crippen LogP contribution in [0.3, 0.4) is 0 Å². The molecule has 1 aromatic carbocycles. The third-order valence-corrected chi connectivity index (χ3v) is 6.00. The molecule has 0 aliphatic carbocycles. The molecule has 0 saturated carbocycles. The molecule has 1 amide bonds. The Balaban J connectivity index is 1.19. The first kappa shape index (κ1) is 21.3. The van der Waals surface area contributed by atoms with Gasteiger partial charge in [0.05, 0.1) is 31.1 Å². The molecule has 4 heterocycles. The normalized spacial score (nSPS) is 18.5. The zero-order chi connectivity index (χ0) is 23.1. The number of ether oxygens (including phenoxy) is 2. The lowest BCUT2D eigenvalue weighted by Gasteiger charge is -2.42. The number of amides is 1. The van der Waals surface area contributed by atoms with Crippen LogP contribution in [0.1, 0.15) is 5.56 Å². The van der Waals surface area contributed by atoms with Crippen molar-refractivity contribution >= 4 is 28.5 Å². The van der Waals surface area contributed by atoms with Crippen molar-refractivity contribution in [3.05, 3.63) is 53.7 Å². The van der Waals surface area contributed by atoms with Crippen LogP contribution in [-0.4, -0.2) is 61.5 Å². The number of halogens is 2. The number of nitrogens with one attached hydrogen (secondary N) is 1. The first-order chi connectivity index (χ1) is 15.9. The number of aromatic nitrogens is 2. The van der Waals surface area contributed by atoms with Crippen molar-refractivity contribution in [2.24, 2.45) is 0 Å². The number of carbonyl (C=O) groups is 1. The van der Waals surface area contributed by atoms with E-state index in [4.69, 9.17) is 9.47 Å². The van der Waals surface area contributed by atoms with Crippen LogP contribution in [-0.2, 0) is 4.74 Å². The van der Waals surface area contributed by atoms with Gasteiger partial charge in [-0.25, -0.2) is 18.6 Å². The molecule has 2 aliphatic heterocycles. The van der Waals surface area contributed by atoms with Crippen molar-refractivity contribution in [1.82, 2.24) is 15.3 Å². The quantitative estimate of drug-likeness (QED) is 0.612. The Morgan fingerprint density at radius 1 is 1.18 bits per heavy atom. The molecule has 10 heteroatoms. The summed E-state index contributed by atoms with van der Waals surface area (Å²) in [5.74, 6) is -0.403. The Hall–Kier alpha value is -3.53. The molecule has 3 aromatic rings. The van der Waals surface area contributed by atoms with Gasteiger partial charge in [0.2, 0.25) is 5.88 Å². The molecule has 1 N–H and O–H groups in total. The van der Waals surface area contributed by atoms with Crippen LogP contribution in [0.4, 0.5) is 25.0 Å². The molecular formula is C23H23F2N5O3. The Bertz CT molecular complexity index is 1220. The van der Waals surface area contributed by atoms with Crippen molar-refractivity contribution in [2.45, 2.75) is 19.1 Å². The zero-order valence-electron chi connectivity index (χ0n) is 18.2. The summed E-state index contributed by atoms with van der Waals surface area (Å²) in [5.41, 5.74) is 2.44. The number of pyridine rings is 2. The van der Waals surface area contributed by atoms with Crippen molar-refractivity contribution < 1.29 is 23.0 Å². The van der Waals surface area contributed by atoms with Crippen LogP contribution in [0.25, 0.3) is 11.0 Å².